The van der Waals surface area contributed by atoms with E-state index >= 15 is 0 Å². The minimum absolute atomic E-state index is 0.111. The SMILES string of the molecule is CCCCOC[C@H](NC(=O)OC(C)(C)C)C(=O)NN(C)C(=O)[C@@H](N)CC(N)=O. The summed E-state index contributed by atoms with van der Waals surface area (Å²) in [5.74, 6) is -2.16. The molecule has 0 aliphatic heterocycles. The summed E-state index contributed by atoms with van der Waals surface area (Å²) in [7, 11) is 1.27. The van der Waals surface area contributed by atoms with E-state index in [0.717, 1.165) is 17.9 Å². The molecule has 0 aromatic heterocycles. The van der Waals surface area contributed by atoms with Gasteiger partial charge in [0.15, 0.2) is 0 Å². The average Bonchev–Trinajstić information content (AvgIpc) is 2.54. The van der Waals surface area contributed by atoms with E-state index in [9.17, 15) is 19.2 Å². The molecule has 28 heavy (non-hydrogen) atoms. The molecule has 0 saturated carbocycles. The first-order chi connectivity index (χ1) is 12.9. The number of alkyl carbamates (subject to hydrolysis) is 1. The molecule has 4 amide bonds. The predicted molar refractivity (Wildman–Crippen MR) is 102 cm³/mol. The van der Waals surface area contributed by atoms with Crippen LogP contribution in [0.1, 0.15) is 47.0 Å². The van der Waals surface area contributed by atoms with Crippen LogP contribution in [0, 0.1) is 0 Å². The number of ether oxygens (including phenoxy) is 2. The highest BCUT2D eigenvalue weighted by Gasteiger charge is 2.27. The number of nitrogens with one attached hydrogen (secondary N) is 2. The van der Waals surface area contributed by atoms with Gasteiger partial charge in [0, 0.05) is 13.7 Å². The Balaban J connectivity index is 4.94. The lowest BCUT2D eigenvalue weighted by Gasteiger charge is -2.26. The maximum atomic E-state index is 12.5. The van der Waals surface area contributed by atoms with E-state index in [1.54, 1.807) is 20.8 Å². The summed E-state index contributed by atoms with van der Waals surface area (Å²) in [4.78, 5) is 47.4. The summed E-state index contributed by atoms with van der Waals surface area (Å²) in [6.45, 7) is 7.35. The quantitative estimate of drug-likeness (QED) is 0.279. The molecule has 2 atom stereocenters. The molecular formula is C17H33N5O6. The Morgan fingerprint density at radius 2 is 1.79 bits per heavy atom. The predicted octanol–water partition coefficient (Wildman–Crippen LogP) is -0.611. The zero-order valence-corrected chi connectivity index (χ0v) is 17.2. The molecule has 0 fully saturated rings. The molecule has 11 nitrogen and oxygen atoms in total. The maximum absolute atomic E-state index is 12.5. The van der Waals surface area contributed by atoms with Gasteiger partial charge in [-0.2, -0.15) is 0 Å². The highest BCUT2D eigenvalue weighted by atomic mass is 16.6. The molecule has 6 N–H and O–H groups in total. The molecule has 0 saturated heterocycles. The van der Waals surface area contributed by atoms with Crippen LogP contribution in [0.5, 0.6) is 0 Å². The van der Waals surface area contributed by atoms with Crippen LogP contribution in [-0.4, -0.2) is 66.8 Å². The normalized spacial score (nSPS) is 13.2. The second-order valence-corrected chi connectivity index (χ2v) is 7.28. The minimum Gasteiger partial charge on any atom is -0.444 e. The number of carbonyl (C=O) groups is 4. The van der Waals surface area contributed by atoms with Crippen molar-refractivity contribution >= 4 is 23.8 Å². The van der Waals surface area contributed by atoms with Gasteiger partial charge in [0.2, 0.25) is 5.91 Å². The lowest BCUT2D eigenvalue weighted by molar-refractivity contribution is -0.142. The van der Waals surface area contributed by atoms with Crippen molar-refractivity contribution < 1.29 is 28.7 Å². The van der Waals surface area contributed by atoms with Crippen molar-refractivity contribution in [2.75, 3.05) is 20.3 Å². The number of amides is 4. The summed E-state index contributed by atoms with van der Waals surface area (Å²) in [5.41, 5.74) is 12.1. The molecule has 162 valence electrons. The highest BCUT2D eigenvalue weighted by Crippen LogP contribution is 2.07. The van der Waals surface area contributed by atoms with Crippen molar-refractivity contribution in [3.05, 3.63) is 0 Å². The molecule has 0 aliphatic carbocycles. The third-order valence-electron chi connectivity index (χ3n) is 3.28. The molecule has 0 spiro atoms. The molecule has 0 heterocycles. The van der Waals surface area contributed by atoms with Crippen LogP contribution in [0.4, 0.5) is 4.79 Å². The maximum Gasteiger partial charge on any atom is 0.408 e. The second-order valence-electron chi connectivity index (χ2n) is 7.28. The minimum atomic E-state index is -1.19. The third-order valence-corrected chi connectivity index (χ3v) is 3.28. The van der Waals surface area contributed by atoms with E-state index in [4.69, 9.17) is 20.9 Å². The van der Waals surface area contributed by atoms with Gasteiger partial charge in [0.05, 0.1) is 19.1 Å². The highest BCUT2D eigenvalue weighted by molar-refractivity contribution is 5.91. The van der Waals surface area contributed by atoms with Crippen molar-refractivity contribution in [3.8, 4) is 0 Å². The summed E-state index contributed by atoms with van der Waals surface area (Å²) >= 11 is 0. The fraction of sp³-hybridized carbons (Fsp3) is 0.765. The number of hydrogen-bond acceptors (Lipinski definition) is 7. The number of primary amides is 1. The average molecular weight is 403 g/mol. The van der Waals surface area contributed by atoms with Crippen molar-refractivity contribution in [1.82, 2.24) is 15.8 Å². The van der Waals surface area contributed by atoms with Gasteiger partial charge in [0.25, 0.3) is 11.8 Å². The summed E-state index contributed by atoms with van der Waals surface area (Å²) < 4.78 is 10.6. The summed E-state index contributed by atoms with van der Waals surface area (Å²) in [6, 6.07) is -2.30. The smallest absolute Gasteiger partial charge is 0.408 e. The van der Waals surface area contributed by atoms with Crippen LogP contribution in [0.3, 0.4) is 0 Å². The lowest BCUT2D eigenvalue weighted by Crippen LogP contribution is -2.57. The lowest BCUT2D eigenvalue weighted by atomic mass is 10.2. The second kappa shape index (κ2) is 12.1. The van der Waals surface area contributed by atoms with E-state index in [1.165, 1.54) is 7.05 Å². The van der Waals surface area contributed by atoms with Gasteiger partial charge in [0.1, 0.15) is 11.6 Å². The molecule has 0 aromatic rings. The summed E-state index contributed by atoms with van der Waals surface area (Å²) in [6.07, 6.45) is 0.539. The molecule has 0 aromatic carbocycles. The molecule has 0 unspecified atom stereocenters. The Kier molecular flexibility index (Phi) is 11.1. The molecular weight excluding hydrogens is 370 g/mol. The fourth-order valence-corrected chi connectivity index (χ4v) is 1.93. The fourth-order valence-electron chi connectivity index (χ4n) is 1.93. The number of unbranched alkanes of at least 4 members (excludes halogenated alkanes) is 1. The zero-order valence-electron chi connectivity index (χ0n) is 17.2. The number of nitrogens with two attached hydrogens (primary N) is 2. The van der Waals surface area contributed by atoms with Crippen LogP contribution in [0.2, 0.25) is 0 Å². The van der Waals surface area contributed by atoms with E-state index in [1.807, 2.05) is 6.92 Å². The molecule has 0 radical (unpaired) electrons. The van der Waals surface area contributed by atoms with Gasteiger partial charge in [-0.1, -0.05) is 13.3 Å². The number of hydrogen-bond donors (Lipinski definition) is 4. The Morgan fingerprint density at radius 3 is 2.29 bits per heavy atom. The molecule has 0 aliphatic rings. The standard InChI is InChI=1S/C17H33N5O6/c1-6-7-8-27-10-12(20-16(26)28-17(2,3)4)14(24)21-22(5)15(25)11(18)9-13(19)23/h11-12H,6-10,18H2,1-5H3,(H2,19,23)(H,20,26)(H,21,24)/t11-,12-/m0/s1. The van der Waals surface area contributed by atoms with E-state index in [-0.39, 0.29) is 13.0 Å². The van der Waals surface area contributed by atoms with Crippen molar-refractivity contribution in [1.29, 1.82) is 0 Å². The van der Waals surface area contributed by atoms with Gasteiger partial charge in [-0.3, -0.25) is 24.8 Å². The first-order valence-corrected chi connectivity index (χ1v) is 9.06. The van der Waals surface area contributed by atoms with Gasteiger partial charge >= 0.3 is 6.09 Å². The number of carbonyl (C=O) groups excluding carboxylic acids is 4. The van der Waals surface area contributed by atoms with Crippen LogP contribution in [0.15, 0.2) is 0 Å². The first-order valence-electron chi connectivity index (χ1n) is 9.06. The van der Waals surface area contributed by atoms with Crippen LogP contribution in [-0.2, 0) is 23.9 Å². The first kappa shape index (κ1) is 25.6. The third kappa shape index (κ3) is 11.3. The number of likely N-dealkylation sites (N-methyl/N-ethyl adjacent to an activating group) is 1. The van der Waals surface area contributed by atoms with Crippen molar-refractivity contribution in [3.63, 3.8) is 0 Å². The molecule has 0 bridgehead atoms. The Morgan fingerprint density at radius 1 is 1.18 bits per heavy atom. The Hall–Kier alpha value is -2.40. The number of rotatable bonds is 10. The zero-order chi connectivity index (χ0) is 21.9. The number of hydrazine groups is 1. The topological polar surface area (TPSA) is 166 Å². The van der Waals surface area contributed by atoms with Crippen LogP contribution >= 0.6 is 0 Å². The molecule has 11 heteroatoms. The van der Waals surface area contributed by atoms with E-state index in [0.29, 0.717) is 6.61 Å². The van der Waals surface area contributed by atoms with Crippen LogP contribution < -0.4 is 22.2 Å². The molecule has 0 rings (SSSR count). The van der Waals surface area contributed by atoms with Gasteiger partial charge in [-0.05, 0) is 27.2 Å². The van der Waals surface area contributed by atoms with Gasteiger partial charge < -0.3 is 26.3 Å². The number of nitrogens with zero attached hydrogens (tertiary/aromatic N) is 1. The van der Waals surface area contributed by atoms with Gasteiger partial charge in [-0.15, -0.1) is 0 Å². The van der Waals surface area contributed by atoms with Gasteiger partial charge in [-0.25, -0.2) is 4.79 Å². The Labute approximate surface area is 165 Å². The summed E-state index contributed by atoms with van der Waals surface area (Å²) in [5, 5.41) is 3.25. The van der Waals surface area contributed by atoms with Crippen molar-refractivity contribution in [2.24, 2.45) is 11.5 Å². The Bertz CT molecular complexity index is 549. The van der Waals surface area contributed by atoms with Crippen LogP contribution in [0.25, 0.3) is 0 Å². The monoisotopic (exact) mass is 403 g/mol. The van der Waals surface area contributed by atoms with E-state index in [2.05, 4.69) is 10.7 Å². The van der Waals surface area contributed by atoms with Crippen molar-refractivity contribution in [2.45, 2.75) is 64.6 Å². The van der Waals surface area contributed by atoms with E-state index < -0.39 is 41.5 Å². The largest absolute Gasteiger partial charge is 0.444 e.